The Balaban J connectivity index is 1.95. The number of para-hydroxylation sites is 1. The first-order chi connectivity index (χ1) is 12.5. The molecule has 1 heterocycles. The Kier molecular flexibility index (Phi) is 4.72. The number of nitriles is 1. The number of methoxy groups -OCH3 is 1. The number of rotatable bonds is 4. The first-order valence-corrected chi connectivity index (χ1v) is 8.03. The number of aromatic nitrogens is 2. The summed E-state index contributed by atoms with van der Waals surface area (Å²) in [6, 6.07) is 16.5. The molecule has 1 amide bonds. The SMILES string of the molecule is COc1ccc(C)cc1-c1cc(C(=O)Nc2ccccc2C#N)nn1C. The van der Waals surface area contributed by atoms with Crippen molar-refractivity contribution in [2.45, 2.75) is 6.92 Å². The lowest BCUT2D eigenvalue weighted by atomic mass is 10.1. The van der Waals surface area contributed by atoms with Crippen LogP contribution in [0.1, 0.15) is 21.6 Å². The minimum atomic E-state index is -0.374. The van der Waals surface area contributed by atoms with E-state index in [-0.39, 0.29) is 11.6 Å². The molecular weight excluding hydrogens is 328 g/mol. The Morgan fingerprint density at radius 1 is 1.23 bits per heavy atom. The van der Waals surface area contributed by atoms with Crippen LogP contribution in [0.4, 0.5) is 5.69 Å². The fourth-order valence-corrected chi connectivity index (χ4v) is 2.73. The van der Waals surface area contributed by atoms with Crippen molar-refractivity contribution >= 4 is 11.6 Å². The lowest BCUT2D eigenvalue weighted by Gasteiger charge is -2.09. The lowest BCUT2D eigenvalue weighted by molar-refractivity contribution is 0.102. The van der Waals surface area contributed by atoms with Crippen molar-refractivity contribution in [3.63, 3.8) is 0 Å². The number of hydrogen-bond donors (Lipinski definition) is 1. The van der Waals surface area contributed by atoms with Crippen molar-refractivity contribution in [1.82, 2.24) is 9.78 Å². The number of nitrogens with zero attached hydrogens (tertiary/aromatic N) is 3. The number of anilines is 1. The average molecular weight is 346 g/mol. The third-order valence-electron chi connectivity index (χ3n) is 4.04. The minimum Gasteiger partial charge on any atom is -0.496 e. The van der Waals surface area contributed by atoms with Crippen LogP contribution in [0.25, 0.3) is 11.3 Å². The van der Waals surface area contributed by atoms with Gasteiger partial charge in [-0.1, -0.05) is 23.8 Å². The van der Waals surface area contributed by atoms with Crippen molar-refractivity contribution < 1.29 is 9.53 Å². The highest BCUT2D eigenvalue weighted by molar-refractivity contribution is 6.04. The van der Waals surface area contributed by atoms with E-state index in [0.29, 0.717) is 17.0 Å². The zero-order chi connectivity index (χ0) is 18.7. The van der Waals surface area contributed by atoms with Crippen molar-refractivity contribution in [1.29, 1.82) is 5.26 Å². The molecule has 0 saturated heterocycles. The maximum Gasteiger partial charge on any atom is 0.276 e. The molecule has 0 bridgehead atoms. The Morgan fingerprint density at radius 3 is 2.73 bits per heavy atom. The van der Waals surface area contributed by atoms with E-state index in [2.05, 4.69) is 16.5 Å². The third kappa shape index (κ3) is 3.28. The monoisotopic (exact) mass is 346 g/mol. The Morgan fingerprint density at radius 2 is 2.00 bits per heavy atom. The van der Waals surface area contributed by atoms with Crippen LogP contribution in [0.2, 0.25) is 0 Å². The largest absolute Gasteiger partial charge is 0.496 e. The van der Waals surface area contributed by atoms with Crippen molar-refractivity contribution in [3.05, 3.63) is 65.4 Å². The predicted octanol–water partition coefficient (Wildman–Crippen LogP) is 3.53. The second-order valence-corrected chi connectivity index (χ2v) is 5.85. The van der Waals surface area contributed by atoms with Gasteiger partial charge in [0.15, 0.2) is 5.69 Å². The zero-order valence-electron chi connectivity index (χ0n) is 14.8. The number of benzene rings is 2. The summed E-state index contributed by atoms with van der Waals surface area (Å²) in [5.74, 6) is 0.335. The molecule has 0 aliphatic heterocycles. The van der Waals surface area contributed by atoms with Crippen molar-refractivity contribution in [2.24, 2.45) is 7.05 Å². The van der Waals surface area contributed by atoms with E-state index in [1.54, 1.807) is 49.2 Å². The number of amides is 1. The quantitative estimate of drug-likeness (QED) is 0.784. The van der Waals surface area contributed by atoms with E-state index in [0.717, 1.165) is 16.8 Å². The normalized spacial score (nSPS) is 10.2. The van der Waals surface area contributed by atoms with Gasteiger partial charge in [0.1, 0.15) is 11.8 Å². The van der Waals surface area contributed by atoms with Crippen LogP contribution in [-0.4, -0.2) is 22.8 Å². The maximum atomic E-state index is 12.6. The molecule has 130 valence electrons. The number of ether oxygens (including phenoxy) is 1. The van der Waals surface area contributed by atoms with E-state index >= 15 is 0 Å². The van der Waals surface area contributed by atoms with Gasteiger partial charge < -0.3 is 10.1 Å². The van der Waals surface area contributed by atoms with E-state index < -0.39 is 0 Å². The van der Waals surface area contributed by atoms with E-state index in [1.165, 1.54) is 0 Å². The van der Waals surface area contributed by atoms with Gasteiger partial charge in [0, 0.05) is 12.6 Å². The molecule has 1 aromatic heterocycles. The predicted molar refractivity (Wildman–Crippen MR) is 99.0 cm³/mol. The molecule has 6 nitrogen and oxygen atoms in total. The minimum absolute atomic E-state index is 0.263. The molecule has 0 radical (unpaired) electrons. The number of carbonyl (C=O) groups excluding carboxylic acids is 1. The summed E-state index contributed by atoms with van der Waals surface area (Å²) in [5.41, 5.74) is 3.83. The van der Waals surface area contributed by atoms with Gasteiger partial charge in [-0.3, -0.25) is 9.48 Å². The summed E-state index contributed by atoms with van der Waals surface area (Å²) in [6.45, 7) is 1.99. The molecule has 26 heavy (non-hydrogen) atoms. The first-order valence-electron chi connectivity index (χ1n) is 8.03. The second-order valence-electron chi connectivity index (χ2n) is 5.85. The summed E-state index contributed by atoms with van der Waals surface area (Å²) in [7, 11) is 3.38. The fourth-order valence-electron chi connectivity index (χ4n) is 2.73. The van der Waals surface area contributed by atoms with Crippen LogP contribution in [-0.2, 0) is 7.05 Å². The van der Waals surface area contributed by atoms with Crippen molar-refractivity contribution in [2.75, 3.05) is 12.4 Å². The molecule has 3 aromatic rings. The molecule has 0 unspecified atom stereocenters. The van der Waals surface area contributed by atoms with Gasteiger partial charge >= 0.3 is 0 Å². The molecule has 2 aromatic carbocycles. The Bertz CT molecular complexity index is 1010. The number of carbonyl (C=O) groups is 1. The molecule has 0 atom stereocenters. The number of hydrogen-bond acceptors (Lipinski definition) is 4. The molecule has 6 heteroatoms. The van der Waals surface area contributed by atoms with Gasteiger partial charge in [0.25, 0.3) is 5.91 Å². The molecular formula is C20H18N4O2. The molecule has 0 aliphatic carbocycles. The topological polar surface area (TPSA) is 79.9 Å². The van der Waals surface area contributed by atoms with E-state index in [1.807, 2.05) is 25.1 Å². The highest BCUT2D eigenvalue weighted by atomic mass is 16.5. The Labute approximate surface area is 151 Å². The molecule has 0 spiro atoms. The number of aryl methyl sites for hydroxylation is 2. The maximum absolute atomic E-state index is 12.6. The molecule has 0 saturated carbocycles. The summed E-state index contributed by atoms with van der Waals surface area (Å²) < 4.78 is 7.07. The highest BCUT2D eigenvalue weighted by Gasteiger charge is 2.17. The number of nitrogens with one attached hydrogen (secondary N) is 1. The molecule has 1 N–H and O–H groups in total. The summed E-state index contributed by atoms with van der Waals surface area (Å²) >= 11 is 0. The standard InChI is InChI=1S/C20H18N4O2/c1-13-8-9-19(26-3)15(10-13)18-11-17(23-24(18)2)20(25)22-16-7-5-4-6-14(16)12-21/h4-11H,1-3H3,(H,22,25). The third-order valence-corrected chi connectivity index (χ3v) is 4.04. The van der Waals surface area contributed by atoms with Gasteiger partial charge in [-0.25, -0.2) is 0 Å². The van der Waals surface area contributed by atoms with Crippen LogP contribution >= 0.6 is 0 Å². The van der Waals surface area contributed by atoms with Gasteiger partial charge in [-0.05, 0) is 37.3 Å². The lowest BCUT2D eigenvalue weighted by Crippen LogP contribution is -2.13. The average Bonchev–Trinajstić information content (AvgIpc) is 3.04. The van der Waals surface area contributed by atoms with Crippen LogP contribution < -0.4 is 10.1 Å². The first kappa shape index (κ1) is 17.2. The summed E-state index contributed by atoms with van der Waals surface area (Å²) in [6.07, 6.45) is 0. The zero-order valence-corrected chi connectivity index (χ0v) is 14.8. The van der Waals surface area contributed by atoms with E-state index in [9.17, 15) is 4.79 Å². The molecule has 0 aliphatic rings. The molecule has 0 fully saturated rings. The van der Waals surface area contributed by atoms with Crippen molar-refractivity contribution in [3.8, 4) is 23.1 Å². The fraction of sp³-hybridized carbons (Fsp3) is 0.150. The second kappa shape index (κ2) is 7.11. The van der Waals surface area contributed by atoms with Gasteiger partial charge in [0.05, 0.1) is 24.1 Å². The molecule has 3 rings (SSSR count). The summed E-state index contributed by atoms with van der Waals surface area (Å²) in [4.78, 5) is 12.6. The van der Waals surface area contributed by atoms with Crippen LogP contribution in [0, 0.1) is 18.3 Å². The smallest absolute Gasteiger partial charge is 0.276 e. The van der Waals surface area contributed by atoms with Gasteiger partial charge in [0.2, 0.25) is 0 Å². The Hall–Kier alpha value is -3.59. The van der Waals surface area contributed by atoms with Gasteiger partial charge in [-0.15, -0.1) is 0 Å². The highest BCUT2D eigenvalue weighted by Crippen LogP contribution is 2.31. The van der Waals surface area contributed by atoms with Crippen LogP contribution in [0.5, 0.6) is 5.75 Å². The van der Waals surface area contributed by atoms with Crippen LogP contribution in [0.3, 0.4) is 0 Å². The van der Waals surface area contributed by atoms with E-state index in [4.69, 9.17) is 10.00 Å². The van der Waals surface area contributed by atoms with Gasteiger partial charge in [-0.2, -0.15) is 10.4 Å². The van der Waals surface area contributed by atoms with Crippen LogP contribution in [0.15, 0.2) is 48.5 Å². The summed E-state index contributed by atoms with van der Waals surface area (Å²) in [5, 5.41) is 16.2.